The lowest BCUT2D eigenvalue weighted by molar-refractivity contribution is 0.569. The lowest BCUT2D eigenvalue weighted by Crippen LogP contribution is -2.61. The van der Waals surface area contributed by atoms with Crippen molar-refractivity contribution in [3.05, 3.63) is 348 Å². The van der Waals surface area contributed by atoms with Crippen LogP contribution in [0.2, 0.25) is 0 Å². The van der Waals surface area contributed by atoms with Gasteiger partial charge in [0.2, 0.25) is 0 Å². The number of nitrogens with zero attached hydrogens (tertiary/aromatic N) is 6. The van der Waals surface area contributed by atoms with Crippen molar-refractivity contribution in [2.75, 3.05) is 9.80 Å². The lowest BCUT2D eigenvalue weighted by Gasteiger charge is -2.45. The van der Waals surface area contributed by atoms with Crippen LogP contribution in [0.4, 0.5) is 34.1 Å². The fourth-order valence-corrected chi connectivity index (χ4v) is 17.8. The number of rotatable bonds is 9. The van der Waals surface area contributed by atoms with E-state index in [4.69, 9.17) is 4.11 Å². The predicted octanol–water partition coefficient (Wildman–Crippen LogP) is 28.1. The Morgan fingerprint density at radius 1 is 0.288 bits per heavy atom. The van der Waals surface area contributed by atoms with Crippen molar-refractivity contribution >= 4 is 123 Å². The molecule has 0 amide bonds. The van der Waals surface area contributed by atoms with Crippen LogP contribution >= 0.6 is 0 Å². The predicted molar refractivity (Wildman–Crippen MR) is 503 cm³/mol. The Bertz CT molecular complexity index is 8230. The van der Waals surface area contributed by atoms with Gasteiger partial charge in [0.05, 0.1) is 83.1 Å². The highest BCUT2D eigenvalue weighted by molar-refractivity contribution is 7.00. The molecule has 6 nitrogen and oxygen atoms in total. The van der Waals surface area contributed by atoms with Crippen LogP contribution in [0.1, 0.15) is 165 Å². The molecule has 0 unspecified atom stereocenters. The van der Waals surface area contributed by atoms with Crippen molar-refractivity contribution in [1.82, 2.24) is 13.7 Å². The average molecular weight is 1550 g/mol. The average Bonchev–Trinajstić information content (AvgIpc) is 1.68. The number of fused-ring (bicyclic) bond motifs is 13. The summed E-state index contributed by atoms with van der Waals surface area (Å²) >= 11 is 0. The minimum absolute atomic E-state index is 0.00590. The third kappa shape index (κ3) is 11.9. The van der Waals surface area contributed by atoms with E-state index in [9.17, 15) is 28.6 Å². The van der Waals surface area contributed by atoms with Gasteiger partial charge in [-0.15, -0.1) is 0 Å². The van der Waals surface area contributed by atoms with Gasteiger partial charge in [0.25, 0.3) is 6.71 Å². The molecule has 0 aliphatic carbocycles. The van der Waals surface area contributed by atoms with E-state index in [1.807, 2.05) is 53.4 Å². The Morgan fingerprint density at radius 2 is 0.729 bits per heavy atom. The van der Waals surface area contributed by atoms with E-state index >= 15 is 0 Å². The van der Waals surface area contributed by atoms with Gasteiger partial charge in [0.15, 0.2) is 0 Å². The highest BCUT2D eigenvalue weighted by Crippen LogP contribution is 2.55. The van der Waals surface area contributed by atoms with Crippen LogP contribution < -0.4 is 26.2 Å². The monoisotopic (exact) mass is 1540 g/mol. The minimum Gasteiger partial charge on any atom is -0.310 e. The molecule has 0 bridgehead atoms. The quantitative estimate of drug-likeness (QED) is 0.135. The molecule has 0 N–H and O–H groups in total. The molecule has 0 saturated carbocycles. The van der Waals surface area contributed by atoms with Crippen LogP contribution in [0.3, 0.4) is 0 Å². The Balaban J connectivity index is 1.02. The maximum atomic E-state index is 12.5. The van der Waals surface area contributed by atoms with Crippen molar-refractivity contribution in [2.24, 2.45) is 0 Å². The summed E-state index contributed by atoms with van der Waals surface area (Å²) in [6.07, 6.45) is 0. The van der Waals surface area contributed by atoms with Gasteiger partial charge < -0.3 is 23.5 Å². The van der Waals surface area contributed by atoms with Gasteiger partial charge in [-0.25, -0.2) is 0 Å². The summed E-state index contributed by atoms with van der Waals surface area (Å²) < 4.78 is 198. The molecule has 118 heavy (non-hydrogen) atoms. The maximum absolute atomic E-state index is 12.5. The molecule has 18 aromatic rings. The number of hydrogen-bond acceptors (Lipinski definition) is 3. The van der Waals surface area contributed by atoms with E-state index in [-0.39, 0.29) is 77.1 Å². The van der Waals surface area contributed by atoms with Crippen LogP contribution in [-0.4, -0.2) is 20.4 Å². The highest BCUT2D eigenvalue weighted by Gasteiger charge is 2.46. The third-order valence-electron chi connectivity index (χ3n) is 24.0. The first-order chi connectivity index (χ1) is 65.0. The Kier molecular flexibility index (Phi) is 12.5. The molecule has 2 aliphatic rings. The van der Waals surface area contributed by atoms with Crippen LogP contribution in [0.15, 0.2) is 315 Å². The Labute approximate surface area is 722 Å². The van der Waals surface area contributed by atoms with E-state index in [0.717, 1.165) is 88.6 Å². The molecule has 20 rings (SSSR count). The van der Waals surface area contributed by atoms with E-state index < -0.39 is 155 Å². The largest absolute Gasteiger partial charge is 0.310 e. The van der Waals surface area contributed by atoms with Crippen LogP contribution in [0.5, 0.6) is 0 Å². The Hall–Kier alpha value is -13.1. The van der Waals surface area contributed by atoms with Crippen molar-refractivity contribution in [3.63, 3.8) is 0 Å². The van der Waals surface area contributed by atoms with Gasteiger partial charge in [-0.3, -0.25) is 0 Å². The summed E-state index contributed by atoms with van der Waals surface area (Å²) in [5.41, 5.74) is 13.7. The topological polar surface area (TPSA) is 45.1 Å². The lowest BCUT2D eigenvalue weighted by atomic mass is 9.33. The highest BCUT2D eigenvalue weighted by atomic mass is 15.2. The van der Waals surface area contributed by atoms with Crippen molar-refractivity contribution in [1.29, 1.82) is 5.26 Å². The summed E-state index contributed by atoms with van der Waals surface area (Å²) in [6.45, 7) is 31.9. The summed E-state index contributed by atoms with van der Waals surface area (Å²) in [7, 11) is 0. The van der Waals surface area contributed by atoms with Crippen molar-refractivity contribution in [2.45, 2.75) is 131 Å². The summed E-state index contributed by atoms with van der Waals surface area (Å²) in [5, 5.41) is 13.6. The number of benzene rings is 15. The van der Waals surface area contributed by atoms with Gasteiger partial charge in [-0.1, -0.05) is 310 Å². The number of para-hydroxylation sites is 3. The minimum atomic E-state index is -0.860. The first-order valence-electron chi connectivity index (χ1n) is 50.2. The van der Waals surface area contributed by atoms with E-state index in [1.165, 1.54) is 21.3 Å². The van der Waals surface area contributed by atoms with Gasteiger partial charge in [0.1, 0.15) is 6.07 Å². The first-order valence-corrected chi connectivity index (χ1v) is 40.2. The molecule has 0 fully saturated rings. The molecule has 7 heteroatoms. The standard InChI is InChI=1S/C111H97BN6/c1-107(2,3)75-48-54-96-89(60-75)90-61-76(108(4,5)6)49-55-97(90)114(96)81-51-53-92-101(65-81)118(106-87(70-34-21-17-22-35-70)62-79(111(13,14)15)63-88(106)71-36-23-18-24-37-71)103-67-82(116-93-42-28-25-38-84(93)85-39-26-29-43-94(85)116)66-102-105(103)112(92)91-52-47-72(74-56-77(109(7,8)9)59-78(57-74)110(10,11)12)58-100(91)117(102)99-64-80(50-46-73(99)68-113)115-95-44-30-27-40-86(95)104-83(41-31-45-98(104)115)69-32-19-16-20-33-69/h16-67H,1-15H3/i16D,19D,20D,25D,26D,27D,28D,29D,30D,31D,32D,33D,38D,39D,40D,41D,42D,43D,44D,45D. The smallest absolute Gasteiger partial charge is 0.252 e. The van der Waals surface area contributed by atoms with Gasteiger partial charge in [0, 0.05) is 77.6 Å². The molecule has 0 atom stereocenters. The van der Waals surface area contributed by atoms with E-state index in [1.54, 1.807) is 6.07 Å². The molecular formula is C111H97BN6. The maximum Gasteiger partial charge on any atom is 0.252 e. The SMILES string of the molecule is [2H]c1c([2H])c([2H])c(-c2c([2H])c([2H])c([2H])c3c2c2c([2H])c([2H])c([2H])c([2H])c2n3-c2ccc(C#N)c(N3c4cc(-c5cc(C(C)(C)C)cc(C(C)(C)C)c5)ccc4B4c5ccc(-n6c7ccc(C(C)(C)C)cc7c7cc(C(C)(C)C)ccc76)cc5N(c5c(-c6ccccc6)cc(C(C)(C)C)cc5-c5ccccc5)c5cc(-n6c7c([2H])c([2H])c([2H])c([2H])c7c7c([2H])c([2H])c([2H])c([2H])c76)cc3c54)c2)c([2H])c1[2H]. The van der Waals surface area contributed by atoms with Crippen molar-refractivity contribution in [3.8, 4) is 67.6 Å². The fourth-order valence-electron chi connectivity index (χ4n) is 17.8. The summed E-state index contributed by atoms with van der Waals surface area (Å²) in [5.74, 6) is 0. The first kappa shape index (κ1) is 54.7. The molecule has 15 aromatic carbocycles. The Morgan fingerprint density at radius 3 is 1.27 bits per heavy atom. The summed E-state index contributed by atoms with van der Waals surface area (Å²) in [6, 6.07) is 54.9. The van der Waals surface area contributed by atoms with Crippen LogP contribution in [0.25, 0.3) is 127 Å². The van der Waals surface area contributed by atoms with Gasteiger partial charge >= 0.3 is 0 Å². The zero-order valence-corrected chi connectivity index (χ0v) is 68.7. The molecule has 5 heterocycles. The van der Waals surface area contributed by atoms with E-state index in [0.29, 0.717) is 44.9 Å². The molecule has 0 saturated heterocycles. The molecule has 2 aliphatic heterocycles. The molecule has 0 spiro atoms. The van der Waals surface area contributed by atoms with Crippen molar-refractivity contribution < 1.29 is 27.4 Å². The molecule has 574 valence electrons. The molecule has 0 radical (unpaired) electrons. The third-order valence-corrected chi connectivity index (χ3v) is 24.0. The zero-order valence-electron chi connectivity index (χ0n) is 88.7. The normalized spacial score (nSPS) is 15.5. The number of hydrogen-bond donors (Lipinski definition) is 0. The summed E-state index contributed by atoms with van der Waals surface area (Å²) in [4.78, 5) is 4.21. The molecular weight excluding hydrogens is 1430 g/mol. The second kappa shape index (κ2) is 27.0. The number of nitriles is 1. The van der Waals surface area contributed by atoms with Gasteiger partial charge in [-0.05, 0) is 214 Å². The van der Waals surface area contributed by atoms with E-state index in [2.05, 4.69) is 247 Å². The fraction of sp³-hybridized carbons (Fsp3) is 0.180. The van der Waals surface area contributed by atoms with Crippen LogP contribution in [0, 0.1) is 11.3 Å². The number of anilines is 6. The van der Waals surface area contributed by atoms with Gasteiger partial charge in [-0.2, -0.15) is 5.26 Å². The number of aromatic nitrogens is 3. The zero-order chi connectivity index (χ0) is 98.8. The van der Waals surface area contributed by atoms with Crippen LogP contribution in [-0.2, 0) is 27.1 Å². The second-order valence-electron chi connectivity index (χ2n) is 36.6. The molecule has 3 aromatic heterocycles. The second-order valence-corrected chi connectivity index (χ2v) is 36.6.